The minimum atomic E-state index is -2.14. The fraction of sp³-hybridized carbons (Fsp3) is 0.633. The van der Waals surface area contributed by atoms with Gasteiger partial charge in [-0.05, 0) is 92.7 Å². The number of carbonyl (C=O) groups is 14. The highest BCUT2D eigenvalue weighted by molar-refractivity contribution is 6.00. The molecule has 0 heterocycles. The van der Waals surface area contributed by atoms with Gasteiger partial charge in [-0.25, -0.2) is 4.79 Å². The number of nitrogens with two attached hydrogens (primary N) is 6. The molecular weight excluding hydrogens is 1280 g/mol. The quantitative estimate of drug-likeness (QED) is 0.0164. The summed E-state index contributed by atoms with van der Waals surface area (Å²) in [5.74, 6) is -18.8. The summed E-state index contributed by atoms with van der Waals surface area (Å²) in [5, 5.41) is 73.6. The summed E-state index contributed by atoms with van der Waals surface area (Å²) >= 11 is 0. The van der Waals surface area contributed by atoms with Crippen LogP contribution in [0.5, 0.6) is 5.75 Å². The Morgan fingerprint density at radius 2 is 0.773 bits per heavy atom. The molecule has 37 heteroatoms. The van der Waals surface area contributed by atoms with Crippen LogP contribution in [-0.2, 0) is 73.5 Å². The van der Waals surface area contributed by atoms with Gasteiger partial charge in [0.05, 0.1) is 25.5 Å². The number of aliphatic carboxylic acids is 3. The highest BCUT2D eigenvalue weighted by atomic mass is 16.4. The molecule has 0 bridgehead atoms. The van der Waals surface area contributed by atoms with E-state index in [1.165, 1.54) is 24.3 Å². The lowest BCUT2D eigenvalue weighted by Gasteiger charge is -2.29. The van der Waals surface area contributed by atoms with Crippen molar-refractivity contribution in [1.82, 2.24) is 53.2 Å². The zero-order valence-electron chi connectivity index (χ0n) is 55.9. The van der Waals surface area contributed by atoms with Crippen LogP contribution in [0.3, 0.4) is 0 Å². The highest BCUT2D eigenvalue weighted by Gasteiger charge is 2.38. The van der Waals surface area contributed by atoms with Gasteiger partial charge in [-0.1, -0.05) is 67.5 Å². The van der Waals surface area contributed by atoms with E-state index in [-0.39, 0.29) is 81.1 Å². The smallest absolute Gasteiger partial charge is 0.326 e. The number of nitrogens with one attached hydrogen (secondary N) is 10. The molecule has 0 spiro atoms. The molecule has 0 aliphatic rings. The first-order chi connectivity index (χ1) is 45.2. The van der Waals surface area contributed by atoms with E-state index in [0.717, 1.165) is 0 Å². The molecule has 37 nitrogen and oxygen atoms in total. The number of phenols is 1. The number of carboxylic acid groups (broad SMARTS) is 3. The van der Waals surface area contributed by atoms with Crippen molar-refractivity contribution in [3.05, 3.63) is 29.8 Å². The predicted octanol–water partition coefficient (Wildman–Crippen LogP) is -5.70. The predicted molar refractivity (Wildman–Crippen MR) is 350 cm³/mol. The van der Waals surface area contributed by atoms with Crippen LogP contribution in [-0.4, -0.2) is 206 Å². The lowest BCUT2D eigenvalue weighted by molar-refractivity contribution is -0.144. The highest BCUT2D eigenvalue weighted by Crippen LogP contribution is 2.16. The van der Waals surface area contributed by atoms with Crippen molar-refractivity contribution in [3.63, 3.8) is 0 Å². The number of rotatable bonds is 46. The number of phenolic OH excluding ortho intramolecular Hbond substituents is 1. The molecule has 0 aromatic heterocycles. The van der Waals surface area contributed by atoms with Gasteiger partial charge < -0.3 is 113 Å². The molecule has 0 fully saturated rings. The normalized spacial score (nSPS) is 14.5. The Labute approximate surface area is 561 Å². The number of carboxylic acids is 3. The van der Waals surface area contributed by atoms with E-state index >= 15 is 0 Å². The van der Waals surface area contributed by atoms with Crippen LogP contribution in [0.4, 0.5) is 0 Å². The van der Waals surface area contributed by atoms with E-state index in [4.69, 9.17) is 34.4 Å². The van der Waals surface area contributed by atoms with E-state index in [1.54, 1.807) is 55.4 Å². The molecule has 1 aromatic carbocycles. The van der Waals surface area contributed by atoms with E-state index in [0.29, 0.717) is 12.0 Å². The molecule has 11 amide bonds. The van der Waals surface area contributed by atoms with Crippen LogP contribution in [0.25, 0.3) is 0 Å². The number of carbonyl (C=O) groups excluding carboxylic acids is 11. The molecule has 0 aliphatic heterocycles. The van der Waals surface area contributed by atoms with Crippen molar-refractivity contribution in [3.8, 4) is 5.75 Å². The lowest BCUT2D eigenvalue weighted by atomic mass is 9.99. The minimum absolute atomic E-state index is 0.0411. The molecule has 1 rings (SSSR count). The van der Waals surface area contributed by atoms with Crippen LogP contribution in [0.15, 0.2) is 34.3 Å². The first-order valence-corrected chi connectivity index (χ1v) is 31.5. The minimum Gasteiger partial charge on any atom is -0.508 e. The number of aromatic hydroxyl groups is 1. The maximum atomic E-state index is 14.4. The van der Waals surface area contributed by atoms with E-state index < -0.39 is 200 Å². The fourth-order valence-electron chi connectivity index (χ4n) is 9.35. The summed E-state index contributed by atoms with van der Waals surface area (Å²) in [6, 6.07) is -12.6. The van der Waals surface area contributed by atoms with Crippen molar-refractivity contribution in [2.24, 2.45) is 68.1 Å². The zero-order chi connectivity index (χ0) is 74.0. The van der Waals surface area contributed by atoms with Crippen LogP contribution in [0, 0.1) is 23.7 Å². The summed E-state index contributed by atoms with van der Waals surface area (Å²) < 4.78 is 0. The Bertz CT molecular complexity index is 2920. The zero-order valence-corrected chi connectivity index (χ0v) is 55.9. The van der Waals surface area contributed by atoms with Crippen molar-refractivity contribution in [2.45, 2.75) is 199 Å². The summed E-state index contributed by atoms with van der Waals surface area (Å²) in [7, 11) is 0. The maximum Gasteiger partial charge on any atom is 0.326 e. The average Bonchev–Trinajstić information content (AvgIpc) is 0.870. The van der Waals surface area contributed by atoms with Gasteiger partial charge in [0.2, 0.25) is 65.0 Å². The Balaban J connectivity index is 3.67. The standard InChI is InChI=1S/C60H100N18O19/c1-28(2)21-37(51(89)72-38(22-29(3)4)52(90)74-41(26-46(84)85)55(93)76-42(58(96)97)23-30(5)6)71-50(88)36(17-18-44(62)81)69-54(92)40(25-45(82)83)75-56(94)43(27-79)77-53(91)39(24-32-13-15-33(80)16-14-32)73-49(87)35(12-10-20-68-60(65)66)70-57(95)47(31(7)8)78-48(86)34(61)11-9-19-67-59(63)64/h13-16,28-31,34-43,47,79-80H,9-12,17-27,61H2,1-8H3,(H2,62,81)(H,69,92)(H,70,95)(H,71,88)(H,72,89)(H,73,87)(H,74,90)(H,75,94)(H,76,93)(H,77,91)(H,78,86)(H,82,83)(H,84,85)(H,96,97)(H4,63,64,67)(H4,65,66,68)/t34-,35-,36-,37-,38-,39-,40-,41-,42-,43-,47-/m0/s1. The van der Waals surface area contributed by atoms with Gasteiger partial charge in [0.15, 0.2) is 11.9 Å². The summed E-state index contributed by atoms with van der Waals surface area (Å²) in [6.45, 7) is 12.1. The van der Waals surface area contributed by atoms with Gasteiger partial charge in [-0.2, -0.15) is 0 Å². The van der Waals surface area contributed by atoms with E-state index in [9.17, 15) is 92.7 Å². The Morgan fingerprint density at radius 3 is 1.19 bits per heavy atom. The molecular formula is C60H100N18O19. The van der Waals surface area contributed by atoms with E-state index in [1.807, 2.05) is 0 Å². The summed E-state index contributed by atoms with van der Waals surface area (Å²) in [5.41, 5.74) is 33.5. The second-order valence-corrected chi connectivity index (χ2v) is 24.8. The number of aliphatic hydroxyl groups is 1. The van der Waals surface area contributed by atoms with Crippen LogP contribution < -0.4 is 87.6 Å². The number of hydrogen-bond donors (Lipinski definition) is 21. The number of aliphatic imine (C=N–C) groups is 2. The number of amides is 11. The molecule has 1 aromatic rings. The van der Waals surface area contributed by atoms with Crippen LogP contribution in [0.2, 0.25) is 0 Å². The molecule has 544 valence electrons. The Hall–Kier alpha value is -9.94. The van der Waals surface area contributed by atoms with Gasteiger partial charge in [-0.3, -0.25) is 72.3 Å². The largest absolute Gasteiger partial charge is 0.508 e. The molecule has 0 aliphatic carbocycles. The van der Waals surface area contributed by atoms with Gasteiger partial charge in [0.1, 0.15) is 66.2 Å². The molecule has 0 saturated carbocycles. The molecule has 0 unspecified atom stereocenters. The Kier molecular flexibility index (Phi) is 37.9. The average molecular weight is 1380 g/mol. The molecule has 27 N–H and O–H groups in total. The molecule has 97 heavy (non-hydrogen) atoms. The van der Waals surface area contributed by atoms with Crippen molar-refractivity contribution >= 4 is 94.8 Å². The van der Waals surface area contributed by atoms with Crippen LogP contribution in [0.1, 0.15) is 132 Å². The third-order valence-electron chi connectivity index (χ3n) is 14.3. The topological polar surface area (TPSA) is 641 Å². The van der Waals surface area contributed by atoms with Crippen molar-refractivity contribution in [1.29, 1.82) is 0 Å². The third kappa shape index (κ3) is 34.3. The van der Waals surface area contributed by atoms with Crippen molar-refractivity contribution in [2.75, 3.05) is 19.7 Å². The molecule has 0 radical (unpaired) electrons. The van der Waals surface area contributed by atoms with Crippen LogP contribution >= 0.6 is 0 Å². The molecule has 11 atom stereocenters. The number of nitrogens with zero attached hydrogens (tertiary/aromatic N) is 2. The summed E-state index contributed by atoms with van der Waals surface area (Å²) in [6.07, 6.45) is -3.83. The SMILES string of the molecule is CC(C)C[C@H](NC(=O)[C@H](CC(=O)O)NC(=O)[C@H](CC(C)C)NC(=O)[C@H](CC(C)C)NC(=O)[C@H](CCC(N)=O)NC(=O)[C@H](CC(=O)O)NC(=O)[C@H](CO)NC(=O)[C@H](Cc1ccc(O)cc1)NC(=O)[C@H](CCCN=C(N)N)NC(=O)[C@@H](NC(=O)[C@@H](N)CCCN=C(N)N)C(C)C)C(=O)O. The van der Waals surface area contributed by atoms with Gasteiger partial charge >= 0.3 is 17.9 Å². The Morgan fingerprint density at radius 1 is 0.423 bits per heavy atom. The fourth-order valence-corrected chi connectivity index (χ4v) is 9.35. The number of primary amides is 1. The third-order valence-corrected chi connectivity index (χ3v) is 14.3. The first-order valence-electron chi connectivity index (χ1n) is 31.5. The summed E-state index contributed by atoms with van der Waals surface area (Å²) in [4.78, 5) is 196. The molecule has 0 saturated heterocycles. The maximum absolute atomic E-state index is 14.4. The van der Waals surface area contributed by atoms with Gasteiger partial charge in [0, 0.05) is 25.9 Å². The monoisotopic (exact) mass is 1380 g/mol. The second kappa shape index (κ2) is 43.2. The van der Waals surface area contributed by atoms with E-state index in [2.05, 4.69) is 63.2 Å². The van der Waals surface area contributed by atoms with Gasteiger partial charge in [0.25, 0.3) is 0 Å². The lowest BCUT2D eigenvalue weighted by Crippen LogP contribution is -2.61. The van der Waals surface area contributed by atoms with Gasteiger partial charge in [-0.15, -0.1) is 0 Å². The number of benzene rings is 1. The van der Waals surface area contributed by atoms with Crippen molar-refractivity contribution < 1.29 is 92.7 Å². The number of guanidine groups is 2. The number of aliphatic hydroxyl groups excluding tert-OH is 1. The second-order valence-electron chi connectivity index (χ2n) is 24.8. The first kappa shape index (κ1) is 85.1. The number of hydrogen-bond acceptors (Lipinski definition) is 19.